The largest absolute Gasteiger partial charge is 0.481 e. The van der Waals surface area contributed by atoms with Gasteiger partial charge in [0.2, 0.25) is 5.91 Å². The molecule has 22 heavy (non-hydrogen) atoms. The van der Waals surface area contributed by atoms with Crippen molar-refractivity contribution in [3.8, 4) is 0 Å². The normalized spacial score (nSPS) is 22.4. The molecule has 126 valence electrons. The van der Waals surface area contributed by atoms with Crippen LogP contribution >= 0.6 is 0 Å². The number of carbonyl (C=O) groups is 3. The van der Waals surface area contributed by atoms with Crippen LogP contribution in [0.1, 0.15) is 41.0 Å². The van der Waals surface area contributed by atoms with E-state index in [2.05, 4.69) is 5.32 Å². The van der Waals surface area contributed by atoms with Crippen LogP contribution in [-0.2, 0) is 14.3 Å². The van der Waals surface area contributed by atoms with E-state index in [4.69, 9.17) is 4.74 Å². The topological polar surface area (TPSA) is 95.9 Å². The average molecular weight is 314 g/mol. The molecule has 0 aromatic carbocycles. The molecule has 0 aliphatic carbocycles. The number of alkyl carbamates (subject to hydrolysis) is 1. The van der Waals surface area contributed by atoms with Crippen molar-refractivity contribution >= 4 is 18.0 Å². The summed E-state index contributed by atoms with van der Waals surface area (Å²) >= 11 is 0. The molecule has 0 bridgehead atoms. The minimum absolute atomic E-state index is 0.109. The predicted octanol–water partition coefficient (Wildman–Crippen LogP) is 1.47. The third kappa shape index (κ3) is 5.54. The number of amides is 2. The number of hydrogen-bond acceptors (Lipinski definition) is 4. The summed E-state index contributed by atoms with van der Waals surface area (Å²) in [5.74, 6) is -1.97. The van der Waals surface area contributed by atoms with Gasteiger partial charge in [0.05, 0.1) is 12.0 Å². The standard InChI is InChI=1S/C15H26N2O5/c1-9(2)12(18)17-7-10(13(19)20)6-11(8-17)16-14(21)22-15(3,4)5/h9-11H,6-8H2,1-5H3,(H,16,21)(H,19,20). The zero-order valence-electron chi connectivity index (χ0n) is 13.9. The molecule has 7 nitrogen and oxygen atoms in total. The summed E-state index contributed by atoms with van der Waals surface area (Å²) in [6.45, 7) is 9.28. The fourth-order valence-corrected chi connectivity index (χ4v) is 2.40. The van der Waals surface area contributed by atoms with E-state index in [1.54, 1.807) is 34.6 Å². The number of likely N-dealkylation sites (tertiary alicyclic amines) is 1. The fraction of sp³-hybridized carbons (Fsp3) is 0.800. The monoisotopic (exact) mass is 314 g/mol. The molecular weight excluding hydrogens is 288 g/mol. The van der Waals surface area contributed by atoms with Crippen LogP contribution < -0.4 is 5.32 Å². The van der Waals surface area contributed by atoms with Crippen LogP contribution in [0.5, 0.6) is 0 Å². The molecule has 2 atom stereocenters. The lowest BCUT2D eigenvalue weighted by Gasteiger charge is -2.37. The number of carboxylic acid groups (broad SMARTS) is 1. The number of hydrogen-bond donors (Lipinski definition) is 2. The Morgan fingerprint density at radius 2 is 1.82 bits per heavy atom. The lowest BCUT2D eigenvalue weighted by molar-refractivity contribution is -0.147. The molecular formula is C15H26N2O5. The van der Waals surface area contributed by atoms with Gasteiger partial charge >= 0.3 is 12.1 Å². The summed E-state index contributed by atoms with van der Waals surface area (Å²) in [5.41, 5.74) is -0.627. The van der Waals surface area contributed by atoms with Crippen LogP contribution in [-0.4, -0.2) is 52.7 Å². The number of carbonyl (C=O) groups excluding carboxylic acids is 2. The molecule has 1 saturated heterocycles. The van der Waals surface area contributed by atoms with Gasteiger partial charge in [-0.25, -0.2) is 4.79 Å². The van der Waals surface area contributed by atoms with Gasteiger partial charge in [0.1, 0.15) is 5.60 Å². The summed E-state index contributed by atoms with van der Waals surface area (Å²) in [7, 11) is 0. The first kappa shape index (κ1) is 18.3. The zero-order chi connectivity index (χ0) is 17.1. The summed E-state index contributed by atoms with van der Waals surface area (Å²) in [6.07, 6.45) is -0.309. The molecule has 2 amide bonds. The number of rotatable bonds is 3. The van der Waals surface area contributed by atoms with Crippen LogP contribution in [0.15, 0.2) is 0 Å². The zero-order valence-corrected chi connectivity index (χ0v) is 13.9. The number of aliphatic carboxylic acids is 1. The van der Waals surface area contributed by atoms with Crippen molar-refractivity contribution in [2.24, 2.45) is 11.8 Å². The Labute approximate surface area is 131 Å². The quantitative estimate of drug-likeness (QED) is 0.822. The molecule has 7 heteroatoms. The molecule has 1 rings (SSSR count). The van der Waals surface area contributed by atoms with Gasteiger partial charge in [-0.3, -0.25) is 9.59 Å². The minimum atomic E-state index is -0.961. The number of nitrogens with one attached hydrogen (secondary N) is 1. The van der Waals surface area contributed by atoms with Gasteiger partial charge in [0, 0.05) is 19.0 Å². The molecule has 0 radical (unpaired) electrons. The number of nitrogens with zero attached hydrogens (tertiary/aromatic N) is 1. The highest BCUT2D eigenvalue weighted by atomic mass is 16.6. The van der Waals surface area contributed by atoms with Crippen molar-refractivity contribution in [3.05, 3.63) is 0 Å². The molecule has 0 aromatic heterocycles. The van der Waals surface area contributed by atoms with Gasteiger partial charge in [-0.2, -0.15) is 0 Å². The van der Waals surface area contributed by atoms with Crippen molar-refractivity contribution in [3.63, 3.8) is 0 Å². The second-order valence-corrected chi connectivity index (χ2v) is 7.01. The Morgan fingerprint density at radius 3 is 2.27 bits per heavy atom. The van der Waals surface area contributed by atoms with Gasteiger partial charge in [-0.15, -0.1) is 0 Å². The molecule has 0 aromatic rings. The lowest BCUT2D eigenvalue weighted by atomic mass is 9.93. The minimum Gasteiger partial charge on any atom is -0.481 e. The summed E-state index contributed by atoms with van der Waals surface area (Å²) in [6, 6.07) is -0.424. The van der Waals surface area contributed by atoms with E-state index in [-0.39, 0.29) is 24.8 Å². The third-order valence-electron chi connectivity index (χ3n) is 3.33. The van der Waals surface area contributed by atoms with Gasteiger partial charge < -0.3 is 20.1 Å². The van der Waals surface area contributed by atoms with Gasteiger partial charge in [-0.05, 0) is 27.2 Å². The predicted molar refractivity (Wildman–Crippen MR) is 80.3 cm³/mol. The van der Waals surface area contributed by atoms with E-state index in [1.165, 1.54) is 4.90 Å². The summed E-state index contributed by atoms with van der Waals surface area (Å²) in [4.78, 5) is 36.7. The van der Waals surface area contributed by atoms with Crippen LogP contribution in [0.2, 0.25) is 0 Å². The number of ether oxygens (including phenoxy) is 1. The molecule has 2 unspecified atom stereocenters. The Kier molecular flexibility index (Phi) is 5.79. The molecule has 1 aliphatic heterocycles. The highest BCUT2D eigenvalue weighted by molar-refractivity contribution is 5.80. The van der Waals surface area contributed by atoms with Gasteiger partial charge in [-0.1, -0.05) is 13.8 Å². The first-order valence-electron chi connectivity index (χ1n) is 7.50. The summed E-state index contributed by atoms with van der Waals surface area (Å²) < 4.78 is 5.18. The van der Waals surface area contributed by atoms with Crippen molar-refractivity contribution in [2.45, 2.75) is 52.7 Å². The van der Waals surface area contributed by atoms with Crippen LogP contribution in [0.4, 0.5) is 4.79 Å². The molecule has 1 heterocycles. The van der Waals surface area contributed by atoms with Gasteiger partial charge in [0.15, 0.2) is 0 Å². The Hall–Kier alpha value is -1.79. The maximum atomic E-state index is 12.1. The van der Waals surface area contributed by atoms with E-state index < -0.39 is 29.6 Å². The SMILES string of the molecule is CC(C)C(=O)N1CC(NC(=O)OC(C)(C)C)CC(C(=O)O)C1. The van der Waals surface area contributed by atoms with Crippen molar-refractivity contribution in [2.75, 3.05) is 13.1 Å². The third-order valence-corrected chi connectivity index (χ3v) is 3.33. The first-order chi connectivity index (χ1) is 9.99. The van der Waals surface area contributed by atoms with Crippen molar-refractivity contribution in [1.29, 1.82) is 0 Å². The molecule has 2 N–H and O–H groups in total. The lowest BCUT2D eigenvalue weighted by Crippen LogP contribution is -2.55. The molecule has 1 aliphatic rings. The second-order valence-electron chi connectivity index (χ2n) is 7.01. The highest BCUT2D eigenvalue weighted by Crippen LogP contribution is 2.20. The van der Waals surface area contributed by atoms with Crippen molar-refractivity contribution < 1.29 is 24.2 Å². The fourth-order valence-electron chi connectivity index (χ4n) is 2.40. The summed E-state index contributed by atoms with van der Waals surface area (Å²) in [5, 5.41) is 11.9. The van der Waals surface area contributed by atoms with Crippen LogP contribution in [0.25, 0.3) is 0 Å². The average Bonchev–Trinajstić information content (AvgIpc) is 2.34. The molecule has 0 spiro atoms. The Balaban J connectivity index is 2.74. The van der Waals surface area contributed by atoms with Crippen LogP contribution in [0, 0.1) is 11.8 Å². The second kappa shape index (κ2) is 6.98. The van der Waals surface area contributed by atoms with Crippen LogP contribution in [0.3, 0.4) is 0 Å². The highest BCUT2D eigenvalue weighted by Gasteiger charge is 2.35. The van der Waals surface area contributed by atoms with Gasteiger partial charge in [0.25, 0.3) is 0 Å². The first-order valence-corrected chi connectivity index (χ1v) is 7.50. The van der Waals surface area contributed by atoms with E-state index in [0.29, 0.717) is 6.54 Å². The molecule has 1 fully saturated rings. The smallest absolute Gasteiger partial charge is 0.407 e. The molecule has 0 saturated carbocycles. The van der Waals surface area contributed by atoms with Crippen molar-refractivity contribution in [1.82, 2.24) is 10.2 Å². The number of piperidine rings is 1. The maximum absolute atomic E-state index is 12.1. The Morgan fingerprint density at radius 1 is 1.23 bits per heavy atom. The maximum Gasteiger partial charge on any atom is 0.407 e. The Bertz CT molecular complexity index is 442. The van der Waals surface area contributed by atoms with E-state index >= 15 is 0 Å². The number of carboxylic acids is 1. The van der Waals surface area contributed by atoms with E-state index in [1.807, 2.05) is 0 Å². The van der Waals surface area contributed by atoms with E-state index in [0.717, 1.165) is 0 Å². The van der Waals surface area contributed by atoms with E-state index in [9.17, 15) is 19.5 Å².